The summed E-state index contributed by atoms with van der Waals surface area (Å²) < 4.78 is 4.72. The summed E-state index contributed by atoms with van der Waals surface area (Å²) in [5.41, 5.74) is -0.555. The van der Waals surface area contributed by atoms with Gasteiger partial charge in [0.1, 0.15) is 5.41 Å². The molecule has 0 aliphatic heterocycles. The Kier molecular flexibility index (Phi) is 2.91. The Morgan fingerprint density at radius 3 is 2.38 bits per heavy atom. The van der Waals surface area contributed by atoms with Gasteiger partial charge in [-0.05, 0) is 19.3 Å². The van der Waals surface area contributed by atoms with Crippen molar-refractivity contribution < 1.29 is 9.53 Å². The second-order valence-electron chi connectivity index (χ2n) is 3.56. The quantitative estimate of drug-likeness (QED) is 0.481. The summed E-state index contributed by atoms with van der Waals surface area (Å²) in [6, 6.07) is 0. The van der Waals surface area contributed by atoms with Gasteiger partial charge >= 0.3 is 5.97 Å². The molecular formula is C11H16O2. The van der Waals surface area contributed by atoms with Crippen molar-refractivity contribution in [1.29, 1.82) is 0 Å². The Hall–Kier alpha value is -1.05. The Bertz CT molecular complexity index is 237. The number of methoxy groups -OCH3 is 1. The van der Waals surface area contributed by atoms with E-state index < -0.39 is 5.41 Å². The molecule has 0 saturated carbocycles. The predicted molar refractivity (Wildman–Crippen MR) is 52.2 cm³/mol. The van der Waals surface area contributed by atoms with E-state index in [9.17, 15) is 4.79 Å². The van der Waals surface area contributed by atoms with Gasteiger partial charge in [-0.2, -0.15) is 0 Å². The summed E-state index contributed by atoms with van der Waals surface area (Å²) >= 11 is 0. The summed E-state index contributed by atoms with van der Waals surface area (Å²) in [5.74, 6) is 0.271. The van der Waals surface area contributed by atoms with Gasteiger partial charge in [-0.25, -0.2) is 0 Å². The summed E-state index contributed by atoms with van der Waals surface area (Å²) in [6.07, 6.45) is 9.05. The molecule has 0 aromatic heterocycles. The van der Waals surface area contributed by atoms with E-state index >= 15 is 0 Å². The lowest BCUT2D eigenvalue weighted by Crippen LogP contribution is -2.26. The third-order valence-electron chi connectivity index (χ3n) is 2.48. The van der Waals surface area contributed by atoms with Crippen molar-refractivity contribution in [2.24, 2.45) is 11.3 Å². The average molecular weight is 180 g/mol. The summed E-state index contributed by atoms with van der Waals surface area (Å²) in [7, 11) is 1.42. The van der Waals surface area contributed by atoms with Gasteiger partial charge in [0.25, 0.3) is 0 Å². The molecule has 72 valence electrons. The maximum atomic E-state index is 11.4. The molecule has 2 nitrogen and oxygen atoms in total. The van der Waals surface area contributed by atoms with E-state index in [1.165, 1.54) is 7.11 Å². The van der Waals surface area contributed by atoms with Gasteiger partial charge in [-0.1, -0.05) is 31.2 Å². The lowest BCUT2D eigenvalue weighted by Gasteiger charge is -2.23. The molecule has 1 aliphatic rings. The highest BCUT2D eigenvalue weighted by Gasteiger charge is 2.30. The van der Waals surface area contributed by atoms with Crippen molar-refractivity contribution in [2.45, 2.75) is 20.3 Å². The third-order valence-corrected chi connectivity index (χ3v) is 2.48. The van der Waals surface area contributed by atoms with Crippen LogP contribution in [0.2, 0.25) is 0 Å². The largest absolute Gasteiger partial charge is 0.468 e. The van der Waals surface area contributed by atoms with E-state index in [0.29, 0.717) is 5.92 Å². The molecule has 0 bridgehead atoms. The van der Waals surface area contributed by atoms with Crippen LogP contribution in [0.1, 0.15) is 20.3 Å². The third kappa shape index (κ3) is 2.00. The van der Waals surface area contributed by atoms with Crippen molar-refractivity contribution in [3.8, 4) is 0 Å². The molecule has 0 aromatic carbocycles. The van der Waals surface area contributed by atoms with Crippen molar-refractivity contribution >= 4 is 5.97 Å². The van der Waals surface area contributed by atoms with Crippen LogP contribution in [-0.2, 0) is 9.53 Å². The lowest BCUT2D eigenvalue weighted by atomic mass is 9.83. The zero-order valence-corrected chi connectivity index (χ0v) is 8.41. The van der Waals surface area contributed by atoms with E-state index in [0.717, 1.165) is 6.42 Å². The second-order valence-corrected chi connectivity index (χ2v) is 3.56. The molecule has 0 radical (unpaired) electrons. The van der Waals surface area contributed by atoms with Crippen molar-refractivity contribution in [2.75, 3.05) is 7.11 Å². The fourth-order valence-electron chi connectivity index (χ4n) is 1.39. The zero-order valence-electron chi connectivity index (χ0n) is 8.41. The van der Waals surface area contributed by atoms with Crippen LogP contribution >= 0.6 is 0 Å². The van der Waals surface area contributed by atoms with Crippen LogP contribution in [0, 0.1) is 11.3 Å². The fourth-order valence-corrected chi connectivity index (χ4v) is 1.39. The SMILES string of the molecule is CCC1C=CC(C)(C(=O)OC)C=C1. The molecule has 0 N–H and O–H groups in total. The maximum absolute atomic E-state index is 11.4. The molecule has 0 heterocycles. The molecule has 1 rings (SSSR count). The number of hydrogen-bond donors (Lipinski definition) is 0. The molecular weight excluding hydrogens is 164 g/mol. The van der Waals surface area contributed by atoms with Gasteiger partial charge in [0.15, 0.2) is 0 Å². The summed E-state index contributed by atoms with van der Waals surface area (Å²) in [5, 5.41) is 0. The van der Waals surface area contributed by atoms with Crippen LogP contribution in [0.5, 0.6) is 0 Å². The molecule has 0 saturated heterocycles. The minimum atomic E-state index is -0.555. The van der Waals surface area contributed by atoms with Gasteiger partial charge in [0.05, 0.1) is 7.11 Å². The summed E-state index contributed by atoms with van der Waals surface area (Å²) in [4.78, 5) is 11.4. The van der Waals surface area contributed by atoms with Crippen LogP contribution in [0.3, 0.4) is 0 Å². The highest BCUT2D eigenvalue weighted by atomic mass is 16.5. The molecule has 0 atom stereocenters. The minimum absolute atomic E-state index is 0.199. The van der Waals surface area contributed by atoms with E-state index in [2.05, 4.69) is 19.1 Å². The number of ether oxygens (including phenoxy) is 1. The highest BCUT2D eigenvalue weighted by molar-refractivity contribution is 5.81. The number of carbonyl (C=O) groups excluding carboxylic acids is 1. The first-order chi connectivity index (χ1) is 6.12. The van der Waals surface area contributed by atoms with E-state index in [-0.39, 0.29) is 5.97 Å². The van der Waals surface area contributed by atoms with Crippen molar-refractivity contribution in [1.82, 2.24) is 0 Å². The van der Waals surface area contributed by atoms with E-state index in [1.807, 2.05) is 19.1 Å². The lowest BCUT2D eigenvalue weighted by molar-refractivity contribution is -0.146. The van der Waals surface area contributed by atoms with Crippen LogP contribution < -0.4 is 0 Å². The molecule has 0 amide bonds. The zero-order chi connectivity index (χ0) is 9.90. The van der Waals surface area contributed by atoms with Crippen LogP contribution in [0.4, 0.5) is 0 Å². The standard InChI is InChI=1S/C11H16O2/c1-4-9-5-7-11(2,8-6-9)10(12)13-3/h5-9H,4H2,1-3H3. The number of esters is 1. The molecule has 0 spiro atoms. The Morgan fingerprint density at radius 2 is 2.00 bits per heavy atom. The first kappa shape index (κ1) is 10.0. The first-order valence-electron chi connectivity index (χ1n) is 4.59. The highest BCUT2D eigenvalue weighted by Crippen LogP contribution is 2.28. The predicted octanol–water partition coefficient (Wildman–Crippen LogP) is 2.32. The average Bonchev–Trinajstić information content (AvgIpc) is 2.18. The van der Waals surface area contributed by atoms with Crippen molar-refractivity contribution in [3.05, 3.63) is 24.3 Å². The minimum Gasteiger partial charge on any atom is -0.468 e. The smallest absolute Gasteiger partial charge is 0.319 e. The summed E-state index contributed by atoms with van der Waals surface area (Å²) in [6.45, 7) is 3.98. The van der Waals surface area contributed by atoms with Gasteiger partial charge in [0, 0.05) is 0 Å². The Labute approximate surface area is 79.3 Å². The molecule has 0 aromatic rings. The number of rotatable bonds is 2. The van der Waals surface area contributed by atoms with Crippen LogP contribution in [0.15, 0.2) is 24.3 Å². The molecule has 1 aliphatic carbocycles. The van der Waals surface area contributed by atoms with Crippen LogP contribution in [-0.4, -0.2) is 13.1 Å². The van der Waals surface area contributed by atoms with Gasteiger partial charge in [-0.15, -0.1) is 0 Å². The first-order valence-corrected chi connectivity index (χ1v) is 4.59. The van der Waals surface area contributed by atoms with Gasteiger partial charge in [0.2, 0.25) is 0 Å². The van der Waals surface area contributed by atoms with E-state index in [1.54, 1.807) is 0 Å². The Balaban J connectivity index is 2.76. The number of allylic oxidation sites excluding steroid dienone is 2. The monoisotopic (exact) mass is 180 g/mol. The normalized spacial score (nSPS) is 31.8. The topological polar surface area (TPSA) is 26.3 Å². The fraction of sp³-hybridized carbons (Fsp3) is 0.545. The van der Waals surface area contributed by atoms with Gasteiger partial charge < -0.3 is 4.74 Å². The molecule has 0 fully saturated rings. The van der Waals surface area contributed by atoms with Gasteiger partial charge in [-0.3, -0.25) is 4.79 Å². The van der Waals surface area contributed by atoms with Crippen molar-refractivity contribution in [3.63, 3.8) is 0 Å². The number of hydrogen-bond acceptors (Lipinski definition) is 2. The number of carbonyl (C=O) groups is 1. The van der Waals surface area contributed by atoms with E-state index in [4.69, 9.17) is 4.74 Å². The van der Waals surface area contributed by atoms with Crippen LogP contribution in [0.25, 0.3) is 0 Å². The molecule has 0 unspecified atom stereocenters. The Morgan fingerprint density at radius 1 is 1.46 bits per heavy atom. The maximum Gasteiger partial charge on any atom is 0.319 e. The molecule has 2 heteroatoms. The second kappa shape index (κ2) is 3.77. The molecule has 13 heavy (non-hydrogen) atoms.